The summed E-state index contributed by atoms with van der Waals surface area (Å²) in [7, 11) is 0. The summed E-state index contributed by atoms with van der Waals surface area (Å²) in [6.45, 7) is 12.8. The van der Waals surface area contributed by atoms with E-state index >= 15 is 0 Å². The number of amides is 1. The summed E-state index contributed by atoms with van der Waals surface area (Å²) in [5.41, 5.74) is 3.83. The molecular formula is C21H27N5O. The molecule has 0 atom stereocenters. The topological polar surface area (TPSA) is 72.7 Å². The normalized spacial score (nSPS) is 12.0. The van der Waals surface area contributed by atoms with Crippen LogP contribution in [0.25, 0.3) is 11.0 Å². The van der Waals surface area contributed by atoms with Gasteiger partial charge >= 0.3 is 0 Å². The first-order valence-electron chi connectivity index (χ1n) is 9.26. The van der Waals surface area contributed by atoms with Crippen molar-refractivity contribution in [2.45, 2.75) is 59.5 Å². The molecule has 0 unspecified atom stereocenters. The van der Waals surface area contributed by atoms with Crippen LogP contribution in [0.15, 0.2) is 30.6 Å². The third-order valence-electron chi connectivity index (χ3n) is 4.48. The Bertz CT molecular complexity index is 968. The molecule has 0 saturated carbocycles. The molecule has 0 aromatic carbocycles. The first kappa shape index (κ1) is 19.0. The molecule has 3 heterocycles. The Morgan fingerprint density at radius 1 is 1.30 bits per heavy atom. The Labute approximate surface area is 160 Å². The van der Waals surface area contributed by atoms with E-state index in [0.29, 0.717) is 12.1 Å². The molecule has 0 saturated heterocycles. The van der Waals surface area contributed by atoms with Crippen molar-refractivity contribution in [3.05, 3.63) is 53.1 Å². The molecule has 3 aromatic rings. The van der Waals surface area contributed by atoms with Crippen LogP contribution in [0.3, 0.4) is 0 Å². The summed E-state index contributed by atoms with van der Waals surface area (Å²) in [5.74, 6) is 0.0904. The lowest BCUT2D eigenvalue weighted by Crippen LogP contribution is -2.25. The fraction of sp³-hybridized carbons (Fsp3) is 0.429. The summed E-state index contributed by atoms with van der Waals surface area (Å²) in [6.07, 6.45) is 3.47. The number of nitrogens with zero attached hydrogens (tertiary/aromatic N) is 4. The first-order chi connectivity index (χ1) is 12.7. The molecule has 0 bridgehead atoms. The van der Waals surface area contributed by atoms with Crippen LogP contribution in [0.1, 0.15) is 67.8 Å². The Morgan fingerprint density at radius 3 is 2.63 bits per heavy atom. The van der Waals surface area contributed by atoms with Crippen molar-refractivity contribution < 1.29 is 4.79 Å². The summed E-state index contributed by atoms with van der Waals surface area (Å²) in [5, 5.41) is 8.51. The molecule has 0 radical (unpaired) electrons. The van der Waals surface area contributed by atoms with Gasteiger partial charge in [-0.3, -0.25) is 9.78 Å². The van der Waals surface area contributed by atoms with E-state index in [0.717, 1.165) is 28.0 Å². The molecule has 0 aliphatic heterocycles. The van der Waals surface area contributed by atoms with E-state index in [1.807, 2.05) is 29.8 Å². The van der Waals surface area contributed by atoms with Crippen molar-refractivity contribution in [2.24, 2.45) is 0 Å². The quantitative estimate of drug-likeness (QED) is 0.760. The predicted octanol–water partition coefficient (Wildman–Crippen LogP) is 3.94. The fourth-order valence-corrected chi connectivity index (χ4v) is 3.03. The maximum atomic E-state index is 13.0. The lowest BCUT2D eigenvalue weighted by molar-refractivity contribution is 0.0952. The zero-order chi connectivity index (χ0) is 19.8. The lowest BCUT2D eigenvalue weighted by Gasteiger charge is -2.20. The number of carbonyl (C=O) groups is 1. The third kappa shape index (κ3) is 3.84. The van der Waals surface area contributed by atoms with Gasteiger partial charge in [0.1, 0.15) is 0 Å². The molecular weight excluding hydrogens is 338 g/mol. The van der Waals surface area contributed by atoms with Crippen molar-refractivity contribution in [3.8, 4) is 0 Å². The van der Waals surface area contributed by atoms with Gasteiger partial charge in [-0.2, -0.15) is 5.10 Å². The first-order valence-corrected chi connectivity index (χ1v) is 9.26. The van der Waals surface area contributed by atoms with Gasteiger partial charge in [0.2, 0.25) is 0 Å². The summed E-state index contributed by atoms with van der Waals surface area (Å²) >= 11 is 0. The lowest BCUT2D eigenvalue weighted by atomic mass is 10.0. The number of pyridine rings is 2. The monoisotopic (exact) mass is 365 g/mol. The van der Waals surface area contributed by atoms with Crippen molar-refractivity contribution in [1.82, 2.24) is 25.1 Å². The van der Waals surface area contributed by atoms with E-state index in [1.165, 1.54) is 0 Å². The standard InChI is InChI=1S/C21H27N5O/c1-13(2)17-10-16(20(27)23-12-15-8-7-9-22-11-15)18-14(3)25-26(19(18)24-17)21(4,5)6/h7-11,13H,12H2,1-6H3,(H,23,27). The van der Waals surface area contributed by atoms with Crippen LogP contribution in [0.5, 0.6) is 0 Å². The molecule has 142 valence electrons. The van der Waals surface area contributed by atoms with Crippen LogP contribution >= 0.6 is 0 Å². The van der Waals surface area contributed by atoms with Gasteiger partial charge in [-0.25, -0.2) is 9.67 Å². The van der Waals surface area contributed by atoms with Gasteiger partial charge in [-0.1, -0.05) is 19.9 Å². The maximum absolute atomic E-state index is 13.0. The van der Waals surface area contributed by atoms with Gasteiger partial charge in [0.25, 0.3) is 5.91 Å². The van der Waals surface area contributed by atoms with Crippen molar-refractivity contribution >= 4 is 16.9 Å². The highest BCUT2D eigenvalue weighted by molar-refractivity contribution is 6.06. The Morgan fingerprint density at radius 2 is 2.04 bits per heavy atom. The zero-order valence-corrected chi connectivity index (χ0v) is 16.9. The highest BCUT2D eigenvalue weighted by Crippen LogP contribution is 2.28. The predicted molar refractivity (Wildman–Crippen MR) is 107 cm³/mol. The van der Waals surface area contributed by atoms with Crippen molar-refractivity contribution in [1.29, 1.82) is 0 Å². The van der Waals surface area contributed by atoms with Crippen LogP contribution in [0.2, 0.25) is 0 Å². The Balaban J connectivity index is 2.08. The average molecular weight is 365 g/mol. The van der Waals surface area contributed by atoms with E-state index < -0.39 is 0 Å². The Kier molecular flexibility index (Phi) is 5.00. The second-order valence-corrected chi connectivity index (χ2v) is 8.16. The number of aromatic nitrogens is 4. The molecule has 1 N–H and O–H groups in total. The Hall–Kier alpha value is -2.76. The maximum Gasteiger partial charge on any atom is 0.252 e. The van der Waals surface area contributed by atoms with Gasteiger partial charge in [-0.05, 0) is 51.3 Å². The minimum Gasteiger partial charge on any atom is -0.348 e. The largest absolute Gasteiger partial charge is 0.348 e. The molecule has 3 rings (SSSR count). The second-order valence-electron chi connectivity index (χ2n) is 8.16. The third-order valence-corrected chi connectivity index (χ3v) is 4.48. The molecule has 0 aliphatic rings. The number of nitrogens with one attached hydrogen (secondary N) is 1. The summed E-state index contributed by atoms with van der Waals surface area (Å²) in [6, 6.07) is 5.70. The van der Waals surface area contributed by atoms with Crippen molar-refractivity contribution in [3.63, 3.8) is 0 Å². The van der Waals surface area contributed by atoms with E-state index in [1.54, 1.807) is 12.4 Å². The van der Waals surface area contributed by atoms with Crippen LogP contribution in [-0.4, -0.2) is 25.7 Å². The fourth-order valence-electron chi connectivity index (χ4n) is 3.03. The second kappa shape index (κ2) is 7.10. The number of hydrogen-bond acceptors (Lipinski definition) is 4. The molecule has 6 nitrogen and oxygen atoms in total. The zero-order valence-electron chi connectivity index (χ0n) is 16.9. The van der Waals surface area contributed by atoms with E-state index in [-0.39, 0.29) is 17.4 Å². The summed E-state index contributed by atoms with van der Waals surface area (Å²) in [4.78, 5) is 21.9. The molecule has 6 heteroatoms. The SMILES string of the molecule is Cc1nn(C(C)(C)C)c2nc(C(C)C)cc(C(=O)NCc3cccnc3)c12. The van der Waals surface area contributed by atoms with Gasteiger partial charge in [0.15, 0.2) is 5.65 Å². The van der Waals surface area contributed by atoms with Crippen molar-refractivity contribution in [2.75, 3.05) is 0 Å². The highest BCUT2D eigenvalue weighted by atomic mass is 16.1. The van der Waals surface area contributed by atoms with Gasteiger partial charge in [0.05, 0.1) is 22.2 Å². The van der Waals surface area contributed by atoms with Crippen LogP contribution in [-0.2, 0) is 12.1 Å². The molecule has 0 aliphatic carbocycles. The molecule has 1 amide bonds. The van der Waals surface area contributed by atoms with E-state index in [2.05, 4.69) is 50.0 Å². The highest BCUT2D eigenvalue weighted by Gasteiger charge is 2.25. The number of rotatable bonds is 4. The minimum atomic E-state index is -0.224. The smallest absolute Gasteiger partial charge is 0.252 e. The van der Waals surface area contributed by atoms with Gasteiger partial charge in [-0.15, -0.1) is 0 Å². The number of hydrogen-bond donors (Lipinski definition) is 1. The minimum absolute atomic E-state index is 0.121. The molecule has 27 heavy (non-hydrogen) atoms. The number of fused-ring (bicyclic) bond motifs is 1. The van der Waals surface area contributed by atoms with E-state index in [4.69, 9.17) is 4.98 Å². The van der Waals surface area contributed by atoms with E-state index in [9.17, 15) is 4.79 Å². The molecule has 0 spiro atoms. The van der Waals surface area contributed by atoms with Gasteiger partial charge in [0, 0.05) is 24.6 Å². The number of carbonyl (C=O) groups excluding carboxylic acids is 1. The summed E-state index contributed by atoms with van der Waals surface area (Å²) < 4.78 is 1.92. The molecule has 3 aromatic heterocycles. The van der Waals surface area contributed by atoms with Crippen LogP contribution < -0.4 is 5.32 Å². The van der Waals surface area contributed by atoms with Crippen LogP contribution in [0, 0.1) is 6.92 Å². The van der Waals surface area contributed by atoms with Gasteiger partial charge < -0.3 is 5.32 Å². The van der Waals surface area contributed by atoms with Crippen LogP contribution in [0.4, 0.5) is 0 Å². The average Bonchev–Trinajstić information content (AvgIpc) is 2.97. The molecule has 0 fully saturated rings. The number of aryl methyl sites for hydroxylation is 1.